The second kappa shape index (κ2) is 5.43. The summed E-state index contributed by atoms with van der Waals surface area (Å²) in [7, 11) is -1.87. The molecule has 1 saturated heterocycles. The third kappa shape index (κ3) is 2.82. The lowest BCUT2D eigenvalue weighted by molar-refractivity contribution is 0.191. The van der Waals surface area contributed by atoms with E-state index in [1.807, 2.05) is 6.07 Å². The third-order valence-electron chi connectivity index (χ3n) is 5.03. The maximum Gasteiger partial charge on any atom is 0.250 e. The van der Waals surface area contributed by atoms with Crippen molar-refractivity contribution in [3.63, 3.8) is 0 Å². The molecule has 22 heavy (non-hydrogen) atoms. The van der Waals surface area contributed by atoms with Gasteiger partial charge in [-0.15, -0.1) is 0 Å². The number of para-hydroxylation sites is 1. The van der Waals surface area contributed by atoms with Gasteiger partial charge in [0.2, 0.25) is 0 Å². The Morgan fingerprint density at radius 2 is 2.00 bits per heavy atom. The highest BCUT2D eigenvalue weighted by atomic mass is 28.4. The highest BCUT2D eigenvalue weighted by molar-refractivity contribution is 6.74. The van der Waals surface area contributed by atoms with Crippen molar-refractivity contribution in [2.75, 3.05) is 13.2 Å². The zero-order valence-corrected chi connectivity index (χ0v) is 15.2. The summed E-state index contributed by atoms with van der Waals surface area (Å²) >= 11 is 0. The molecule has 0 spiro atoms. The maximum atomic E-state index is 6.47. The van der Waals surface area contributed by atoms with Crippen molar-refractivity contribution >= 4 is 19.3 Å². The van der Waals surface area contributed by atoms with Gasteiger partial charge in [0.15, 0.2) is 5.58 Å². The molecule has 0 radical (unpaired) electrons. The van der Waals surface area contributed by atoms with Gasteiger partial charge < -0.3 is 13.6 Å². The van der Waals surface area contributed by atoms with E-state index in [-0.39, 0.29) is 5.04 Å². The zero-order chi connectivity index (χ0) is 16.0. The standard InChI is InChI=1S/C18H26O3Si/c1-18(2,3)22(4,5)21-15-8-6-7-13-11-16(20-17(13)15)14-9-10-19-12-14/h6-8,11,14H,9-10,12H2,1-5H3. The van der Waals surface area contributed by atoms with Crippen molar-refractivity contribution in [2.24, 2.45) is 0 Å². The predicted molar refractivity (Wildman–Crippen MR) is 92.2 cm³/mol. The number of hydrogen-bond acceptors (Lipinski definition) is 3. The zero-order valence-electron chi connectivity index (χ0n) is 14.2. The van der Waals surface area contributed by atoms with E-state index in [0.717, 1.165) is 42.1 Å². The summed E-state index contributed by atoms with van der Waals surface area (Å²) < 4.78 is 18.1. The summed E-state index contributed by atoms with van der Waals surface area (Å²) in [6.45, 7) is 12.9. The molecule has 0 saturated carbocycles. The molecule has 1 aliphatic heterocycles. The van der Waals surface area contributed by atoms with Crippen LogP contribution in [-0.2, 0) is 4.74 Å². The van der Waals surface area contributed by atoms with Crippen molar-refractivity contribution in [2.45, 2.75) is 51.2 Å². The normalized spacial score (nSPS) is 19.8. The number of benzene rings is 1. The Kier molecular flexibility index (Phi) is 3.85. The van der Waals surface area contributed by atoms with Crippen molar-refractivity contribution in [3.8, 4) is 5.75 Å². The largest absolute Gasteiger partial charge is 0.541 e. The Hall–Kier alpha value is -1.26. The van der Waals surface area contributed by atoms with Crippen LogP contribution in [0, 0.1) is 0 Å². The molecule has 2 aromatic rings. The van der Waals surface area contributed by atoms with Crippen molar-refractivity contribution < 1.29 is 13.6 Å². The molecular formula is C18H26O3Si. The fraction of sp³-hybridized carbons (Fsp3) is 0.556. The molecule has 120 valence electrons. The summed E-state index contributed by atoms with van der Waals surface area (Å²) in [6, 6.07) is 8.32. The van der Waals surface area contributed by atoms with Gasteiger partial charge in [0, 0.05) is 17.9 Å². The summed E-state index contributed by atoms with van der Waals surface area (Å²) in [5.41, 5.74) is 0.884. The van der Waals surface area contributed by atoms with E-state index in [0.29, 0.717) is 5.92 Å². The Balaban J connectivity index is 1.96. The Morgan fingerprint density at radius 3 is 2.64 bits per heavy atom. The second-order valence-corrected chi connectivity index (χ2v) is 12.5. The first kappa shape index (κ1) is 15.6. The molecule has 0 aliphatic carbocycles. The number of furan rings is 1. The molecule has 2 heterocycles. The lowest BCUT2D eigenvalue weighted by atomic mass is 10.1. The predicted octanol–water partition coefficient (Wildman–Crippen LogP) is 5.32. The van der Waals surface area contributed by atoms with E-state index in [2.05, 4.69) is 52.1 Å². The van der Waals surface area contributed by atoms with E-state index >= 15 is 0 Å². The van der Waals surface area contributed by atoms with Gasteiger partial charge in [-0.1, -0.05) is 32.9 Å². The van der Waals surface area contributed by atoms with Crippen LogP contribution in [0.25, 0.3) is 11.0 Å². The van der Waals surface area contributed by atoms with Crippen LogP contribution in [0.15, 0.2) is 28.7 Å². The first-order chi connectivity index (χ1) is 10.3. The molecule has 1 aromatic carbocycles. The van der Waals surface area contributed by atoms with Crippen LogP contribution in [0.3, 0.4) is 0 Å². The van der Waals surface area contributed by atoms with Gasteiger partial charge in [0.05, 0.1) is 6.61 Å². The van der Waals surface area contributed by atoms with Crippen LogP contribution in [-0.4, -0.2) is 21.5 Å². The van der Waals surface area contributed by atoms with E-state index in [1.54, 1.807) is 0 Å². The van der Waals surface area contributed by atoms with E-state index in [9.17, 15) is 0 Å². The molecule has 0 bridgehead atoms. The topological polar surface area (TPSA) is 31.6 Å². The molecule has 1 unspecified atom stereocenters. The first-order valence-corrected chi connectivity index (χ1v) is 11.0. The smallest absolute Gasteiger partial charge is 0.250 e. The summed E-state index contributed by atoms with van der Waals surface area (Å²) in [5.74, 6) is 2.29. The van der Waals surface area contributed by atoms with E-state index < -0.39 is 8.32 Å². The lowest BCUT2D eigenvalue weighted by Crippen LogP contribution is -2.43. The van der Waals surface area contributed by atoms with Gasteiger partial charge in [-0.2, -0.15) is 0 Å². The molecule has 1 fully saturated rings. The fourth-order valence-electron chi connectivity index (χ4n) is 2.52. The highest BCUT2D eigenvalue weighted by Gasteiger charge is 2.39. The quantitative estimate of drug-likeness (QED) is 0.718. The first-order valence-electron chi connectivity index (χ1n) is 8.07. The molecule has 1 aliphatic rings. The molecule has 1 atom stereocenters. The van der Waals surface area contributed by atoms with Crippen LogP contribution in [0.5, 0.6) is 5.75 Å². The minimum absolute atomic E-state index is 0.171. The molecule has 3 nitrogen and oxygen atoms in total. The van der Waals surface area contributed by atoms with Gasteiger partial charge >= 0.3 is 0 Å². The monoisotopic (exact) mass is 318 g/mol. The third-order valence-corrected chi connectivity index (χ3v) is 9.37. The van der Waals surface area contributed by atoms with Gasteiger partial charge in [-0.05, 0) is 36.7 Å². The molecule has 0 N–H and O–H groups in total. The minimum Gasteiger partial charge on any atom is -0.541 e. The van der Waals surface area contributed by atoms with Crippen LogP contribution in [0.4, 0.5) is 0 Å². The SMILES string of the molecule is CC(C)(C)[Si](C)(C)Oc1cccc2cc(C3CCOC3)oc12. The molecule has 0 amide bonds. The van der Waals surface area contributed by atoms with Crippen LogP contribution >= 0.6 is 0 Å². The number of hydrogen-bond donors (Lipinski definition) is 0. The summed E-state index contributed by atoms with van der Waals surface area (Å²) in [4.78, 5) is 0. The van der Waals surface area contributed by atoms with Crippen molar-refractivity contribution in [1.82, 2.24) is 0 Å². The molecule has 4 heteroatoms. The van der Waals surface area contributed by atoms with Gasteiger partial charge in [-0.3, -0.25) is 0 Å². The molecular weight excluding hydrogens is 292 g/mol. The summed E-state index contributed by atoms with van der Waals surface area (Å²) in [6.07, 6.45) is 1.04. The van der Waals surface area contributed by atoms with E-state index in [1.165, 1.54) is 0 Å². The Bertz CT molecular complexity index is 661. The van der Waals surface area contributed by atoms with Crippen LogP contribution in [0.1, 0.15) is 38.9 Å². The highest BCUT2D eigenvalue weighted by Crippen LogP contribution is 2.40. The summed E-state index contributed by atoms with van der Waals surface area (Å²) in [5, 5.41) is 1.29. The fourth-order valence-corrected chi connectivity index (χ4v) is 3.54. The van der Waals surface area contributed by atoms with Crippen LogP contribution in [0.2, 0.25) is 18.1 Å². The van der Waals surface area contributed by atoms with E-state index in [4.69, 9.17) is 13.6 Å². The number of rotatable bonds is 3. The molecule has 1 aromatic heterocycles. The number of ether oxygens (including phenoxy) is 1. The Labute approximate surface area is 133 Å². The number of fused-ring (bicyclic) bond motifs is 1. The molecule has 3 rings (SSSR count). The van der Waals surface area contributed by atoms with Crippen LogP contribution < -0.4 is 4.43 Å². The second-order valence-electron chi connectivity index (χ2n) is 7.75. The van der Waals surface area contributed by atoms with Crippen molar-refractivity contribution in [3.05, 3.63) is 30.0 Å². The minimum atomic E-state index is -1.87. The average Bonchev–Trinajstić information content (AvgIpc) is 3.06. The lowest BCUT2D eigenvalue weighted by Gasteiger charge is -2.36. The average molecular weight is 318 g/mol. The van der Waals surface area contributed by atoms with Gasteiger partial charge in [-0.25, -0.2) is 0 Å². The Morgan fingerprint density at radius 1 is 1.23 bits per heavy atom. The van der Waals surface area contributed by atoms with Gasteiger partial charge in [0.1, 0.15) is 11.5 Å². The van der Waals surface area contributed by atoms with Crippen molar-refractivity contribution in [1.29, 1.82) is 0 Å². The maximum absolute atomic E-state index is 6.47. The van der Waals surface area contributed by atoms with Gasteiger partial charge in [0.25, 0.3) is 8.32 Å².